The van der Waals surface area contributed by atoms with Crippen LogP contribution in [0.4, 0.5) is 13.2 Å². The van der Waals surface area contributed by atoms with Gasteiger partial charge in [0.25, 0.3) is 0 Å². The van der Waals surface area contributed by atoms with Crippen molar-refractivity contribution in [2.45, 2.75) is 25.2 Å². The zero-order chi connectivity index (χ0) is 14.9. The van der Waals surface area contributed by atoms with Gasteiger partial charge in [0.05, 0.1) is 0 Å². The predicted octanol–water partition coefficient (Wildman–Crippen LogP) is 3.79. The average Bonchev–Trinajstić information content (AvgIpc) is 3.25. The van der Waals surface area contributed by atoms with E-state index >= 15 is 0 Å². The number of nitrogens with one attached hydrogen (secondary N) is 1. The van der Waals surface area contributed by atoms with Gasteiger partial charge < -0.3 is 10.1 Å². The number of benzene rings is 1. The molecule has 1 aliphatic heterocycles. The first kappa shape index (κ1) is 20.4. The molecule has 1 aromatic carbocycles. The zero-order valence-corrected chi connectivity index (χ0v) is 14.1. The summed E-state index contributed by atoms with van der Waals surface area (Å²) in [4.78, 5) is 2.28. The van der Waals surface area contributed by atoms with Gasteiger partial charge in [-0.1, -0.05) is 18.2 Å². The highest BCUT2D eigenvalue weighted by Gasteiger charge is 2.40. The molecule has 8 heteroatoms. The van der Waals surface area contributed by atoms with Crippen LogP contribution in [0.2, 0.25) is 0 Å². The molecule has 0 aromatic heterocycles. The van der Waals surface area contributed by atoms with Crippen LogP contribution in [0.1, 0.15) is 24.4 Å². The van der Waals surface area contributed by atoms with Gasteiger partial charge in [-0.05, 0) is 24.8 Å². The summed E-state index contributed by atoms with van der Waals surface area (Å²) < 4.78 is 42.0. The fourth-order valence-corrected chi connectivity index (χ4v) is 3.06. The minimum Gasteiger partial charge on any atom is -0.405 e. The SMILES string of the molecule is Cl.Cl.FC(F)(F)Oc1ccccc1[C@H](C1CC1)N1CCNCC1. The molecule has 1 saturated heterocycles. The molecule has 0 bridgehead atoms. The second kappa shape index (κ2) is 8.42. The van der Waals surface area contributed by atoms with E-state index in [1.54, 1.807) is 18.2 Å². The van der Waals surface area contributed by atoms with Crippen molar-refractivity contribution in [3.8, 4) is 5.75 Å². The molecule has 0 spiro atoms. The average molecular weight is 373 g/mol. The molecular formula is C15H21Cl2F3N2O. The van der Waals surface area contributed by atoms with Crippen LogP contribution in [0.25, 0.3) is 0 Å². The van der Waals surface area contributed by atoms with Gasteiger partial charge in [-0.15, -0.1) is 38.0 Å². The first-order chi connectivity index (χ1) is 10.0. The Morgan fingerprint density at radius 3 is 2.26 bits per heavy atom. The second-order valence-electron chi connectivity index (χ2n) is 5.65. The largest absolute Gasteiger partial charge is 0.573 e. The van der Waals surface area contributed by atoms with Gasteiger partial charge in [0, 0.05) is 37.8 Å². The van der Waals surface area contributed by atoms with Gasteiger partial charge in [0.15, 0.2) is 0 Å². The summed E-state index contributed by atoms with van der Waals surface area (Å²) in [5.41, 5.74) is 0.666. The number of rotatable bonds is 4. The van der Waals surface area contributed by atoms with Gasteiger partial charge in [-0.2, -0.15) is 0 Å². The van der Waals surface area contributed by atoms with E-state index in [0.717, 1.165) is 39.0 Å². The van der Waals surface area contributed by atoms with E-state index < -0.39 is 6.36 Å². The molecule has 1 N–H and O–H groups in total. The number of para-hydroxylation sites is 1. The zero-order valence-electron chi connectivity index (χ0n) is 12.5. The molecule has 1 aromatic rings. The lowest BCUT2D eigenvalue weighted by Gasteiger charge is -2.36. The van der Waals surface area contributed by atoms with E-state index in [4.69, 9.17) is 0 Å². The van der Waals surface area contributed by atoms with Gasteiger partial charge in [0.2, 0.25) is 0 Å². The van der Waals surface area contributed by atoms with Crippen molar-refractivity contribution >= 4 is 24.8 Å². The fraction of sp³-hybridized carbons (Fsp3) is 0.600. The van der Waals surface area contributed by atoms with E-state index in [9.17, 15) is 13.2 Å². The van der Waals surface area contributed by atoms with Gasteiger partial charge in [-0.25, -0.2) is 0 Å². The second-order valence-corrected chi connectivity index (χ2v) is 5.65. The maximum absolute atomic E-state index is 12.6. The van der Waals surface area contributed by atoms with Crippen LogP contribution in [0, 0.1) is 5.92 Å². The molecule has 0 amide bonds. The minimum atomic E-state index is -4.65. The molecule has 1 aliphatic carbocycles. The molecule has 1 atom stereocenters. The first-order valence-electron chi connectivity index (χ1n) is 7.34. The summed E-state index contributed by atoms with van der Waals surface area (Å²) in [6.45, 7) is 3.49. The normalized spacial score (nSPS) is 20.1. The lowest BCUT2D eigenvalue weighted by Crippen LogP contribution is -2.45. The molecule has 2 fully saturated rings. The Hall–Kier alpha value is -0.690. The Bertz CT molecular complexity index is 492. The van der Waals surface area contributed by atoms with E-state index in [1.165, 1.54) is 6.07 Å². The maximum Gasteiger partial charge on any atom is 0.573 e. The lowest BCUT2D eigenvalue weighted by atomic mass is 9.98. The number of piperazine rings is 1. The van der Waals surface area contributed by atoms with Crippen LogP contribution in [-0.2, 0) is 0 Å². The molecule has 132 valence electrons. The molecule has 0 unspecified atom stereocenters. The van der Waals surface area contributed by atoms with Crippen molar-refractivity contribution in [3.05, 3.63) is 29.8 Å². The molecule has 0 radical (unpaired) electrons. The molecule has 2 aliphatic rings. The van der Waals surface area contributed by atoms with E-state index in [1.807, 2.05) is 0 Å². The summed E-state index contributed by atoms with van der Waals surface area (Å²) in [7, 11) is 0. The quantitative estimate of drug-likeness (QED) is 0.869. The van der Waals surface area contributed by atoms with Crippen LogP contribution in [0.15, 0.2) is 24.3 Å². The summed E-state index contributed by atoms with van der Waals surface area (Å²) in [5, 5.41) is 3.28. The van der Waals surface area contributed by atoms with Gasteiger partial charge in [-0.3, -0.25) is 4.90 Å². The predicted molar refractivity (Wildman–Crippen MR) is 87.5 cm³/mol. The van der Waals surface area contributed by atoms with Crippen molar-refractivity contribution in [1.29, 1.82) is 0 Å². The third-order valence-corrected chi connectivity index (χ3v) is 4.08. The number of ether oxygens (including phenoxy) is 1. The Labute approximate surface area is 146 Å². The van der Waals surface area contributed by atoms with Crippen molar-refractivity contribution < 1.29 is 17.9 Å². The third-order valence-electron chi connectivity index (χ3n) is 4.08. The Morgan fingerprint density at radius 1 is 1.09 bits per heavy atom. The summed E-state index contributed by atoms with van der Waals surface area (Å²) >= 11 is 0. The van der Waals surface area contributed by atoms with Crippen molar-refractivity contribution in [2.24, 2.45) is 5.92 Å². The number of alkyl halides is 3. The monoisotopic (exact) mass is 372 g/mol. The molecule has 3 nitrogen and oxygen atoms in total. The Morgan fingerprint density at radius 2 is 1.70 bits per heavy atom. The molecule has 23 heavy (non-hydrogen) atoms. The number of nitrogens with zero attached hydrogens (tertiary/aromatic N) is 1. The highest BCUT2D eigenvalue weighted by molar-refractivity contribution is 5.85. The highest BCUT2D eigenvalue weighted by atomic mass is 35.5. The van der Waals surface area contributed by atoms with E-state index in [0.29, 0.717) is 11.5 Å². The number of hydrogen-bond donors (Lipinski definition) is 1. The molecular weight excluding hydrogens is 352 g/mol. The van der Waals surface area contributed by atoms with Crippen molar-refractivity contribution in [1.82, 2.24) is 10.2 Å². The highest BCUT2D eigenvalue weighted by Crippen LogP contribution is 2.47. The lowest BCUT2D eigenvalue weighted by molar-refractivity contribution is -0.275. The summed E-state index contributed by atoms with van der Waals surface area (Å²) in [5.74, 6) is 0.390. The van der Waals surface area contributed by atoms with Crippen LogP contribution < -0.4 is 10.1 Å². The van der Waals surface area contributed by atoms with Crippen LogP contribution in [-0.4, -0.2) is 37.4 Å². The van der Waals surface area contributed by atoms with E-state index in [-0.39, 0.29) is 36.6 Å². The number of hydrogen-bond acceptors (Lipinski definition) is 3. The third kappa shape index (κ3) is 5.41. The van der Waals surface area contributed by atoms with E-state index in [2.05, 4.69) is 15.0 Å². The topological polar surface area (TPSA) is 24.5 Å². The smallest absolute Gasteiger partial charge is 0.405 e. The molecule has 1 saturated carbocycles. The first-order valence-corrected chi connectivity index (χ1v) is 7.34. The van der Waals surface area contributed by atoms with Crippen LogP contribution >= 0.6 is 24.8 Å². The fourth-order valence-electron chi connectivity index (χ4n) is 3.06. The number of halogens is 5. The minimum absolute atomic E-state index is 0. The van der Waals surface area contributed by atoms with Crippen LogP contribution in [0.3, 0.4) is 0 Å². The molecule has 1 heterocycles. The van der Waals surface area contributed by atoms with Crippen LogP contribution in [0.5, 0.6) is 5.75 Å². The standard InChI is InChI=1S/C15H19F3N2O.2ClH/c16-15(17,18)21-13-4-2-1-3-12(13)14(11-5-6-11)20-9-7-19-8-10-20;;/h1-4,11,14,19H,5-10H2;2*1H/t14-;;/m0../s1. The Kier molecular flexibility index (Phi) is 7.45. The van der Waals surface area contributed by atoms with Crippen molar-refractivity contribution in [3.63, 3.8) is 0 Å². The molecule has 3 rings (SSSR count). The van der Waals surface area contributed by atoms with Crippen molar-refractivity contribution in [2.75, 3.05) is 26.2 Å². The summed E-state index contributed by atoms with van der Waals surface area (Å²) in [6.07, 6.45) is -2.49. The van der Waals surface area contributed by atoms with Gasteiger partial charge in [0.1, 0.15) is 5.75 Å². The maximum atomic E-state index is 12.6. The Balaban J connectivity index is 0.00000132. The summed E-state index contributed by atoms with van der Waals surface area (Å²) in [6, 6.07) is 6.60. The van der Waals surface area contributed by atoms with Gasteiger partial charge >= 0.3 is 6.36 Å².